The summed E-state index contributed by atoms with van der Waals surface area (Å²) in [5.41, 5.74) is 0. The Hall–Kier alpha value is -1.32. The minimum absolute atomic E-state index is 0.0135. The van der Waals surface area contributed by atoms with Crippen LogP contribution in [0.4, 0.5) is 0 Å². The van der Waals surface area contributed by atoms with Gasteiger partial charge in [-0.05, 0) is 58.3 Å². The summed E-state index contributed by atoms with van der Waals surface area (Å²) >= 11 is 0. The molecular weight excluding hydrogens is 916 g/mol. The molecule has 0 saturated carbocycles. The number of carbonyl (C=O) groups is 1. The van der Waals surface area contributed by atoms with Gasteiger partial charge in [0.1, 0.15) is 19.3 Å². The summed E-state index contributed by atoms with van der Waals surface area (Å²) in [7, 11) is 1.41. The molecular formula is C62H122N2O7P+. The van der Waals surface area contributed by atoms with Gasteiger partial charge in [0.2, 0.25) is 5.91 Å². The Labute approximate surface area is 447 Å². The van der Waals surface area contributed by atoms with Crippen molar-refractivity contribution >= 4 is 13.7 Å². The number of nitrogens with zero attached hydrogens (tertiary/aromatic N) is 1. The first-order chi connectivity index (χ1) is 34.9. The van der Waals surface area contributed by atoms with Gasteiger partial charge in [0.05, 0.1) is 39.9 Å². The molecule has 0 radical (unpaired) electrons. The molecule has 0 bridgehead atoms. The Kier molecular flexibility index (Phi) is 52.1. The number of amides is 1. The zero-order valence-electron chi connectivity index (χ0n) is 48.3. The Morgan fingerprint density at radius 1 is 0.500 bits per heavy atom. The van der Waals surface area contributed by atoms with E-state index in [4.69, 9.17) is 9.05 Å². The number of carbonyl (C=O) groups excluding carboxylic acids is 1. The van der Waals surface area contributed by atoms with Crippen LogP contribution in [-0.2, 0) is 18.4 Å². The lowest BCUT2D eigenvalue weighted by molar-refractivity contribution is -0.870. The maximum Gasteiger partial charge on any atom is 0.472 e. The average Bonchev–Trinajstić information content (AvgIpc) is 3.34. The molecule has 0 aromatic rings. The van der Waals surface area contributed by atoms with Crippen LogP contribution in [0.25, 0.3) is 0 Å². The molecule has 0 saturated heterocycles. The van der Waals surface area contributed by atoms with Crippen LogP contribution >= 0.6 is 7.82 Å². The zero-order valence-corrected chi connectivity index (χ0v) is 49.2. The first-order valence-electron chi connectivity index (χ1n) is 30.9. The van der Waals surface area contributed by atoms with E-state index in [1.54, 1.807) is 0 Å². The molecule has 0 aliphatic heterocycles. The van der Waals surface area contributed by atoms with Crippen molar-refractivity contribution in [3.8, 4) is 0 Å². The number of aliphatic hydroxyl groups excluding tert-OH is 2. The van der Waals surface area contributed by atoms with Crippen LogP contribution in [0.1, 0.15) is 296 Å². The number of phosphoric acid groups is 1. The van der Waals surface area contributed by atoms with Gasteiger partial charge in [-0.2, -0.15) is 0 Å². The molecule has 10 heteroatoms. The molecule has 72 heavy (non-hydrogen) atoms. The lowest BCUT2D eigenvalue weighted by Crippen LogP contribution is -2.51. The number of nitrogens with one attached hydrogen (secondary N) is 1. The fraction of sp³-hybridized carbons (Fsp3) is 0.887. The van der Waals surface area contributed by atoms with Crippen molar-refractivity contribution in [3.05, 3.63) is 36.5 Å². The summed E-state index contributed by atoms with van der Waals surface area (Å²) < 4.78 is 23.6. The monoisotopic (exact) mass is 1040 g/mol. The highest BCUT2D eigenvalue weighted by Gasteiger charge is 2.32. The summed E-state index contributed by atoms with van der Waals surface area (Å²) in [5.74, 6) is -0.270. The second kappa shape index (κ2) is 53.1. The first-order valence-corrected chi connectivity index (χ1v) is 32.4. The summed E-state index contributed by atoms with van der Waals surface area (Å²) in [4.78, 5) is 23.3. The lowest BCUT2D eigenvalue weighted by Gasteiger charge is -2.28. The highest BCUT2D eigenvalue weighted by Crippen LogP contribution is 2.43. The number of likely N-dealkylation sites (N-methyl/N-ethyl adjacent to an activating group) is 1. The largest absolute Gasteiger partial charge is 0.472 e. The summed E-state index contributed by atoms with van der Waals surface area (Å²) in [6.07, 6.45) is 65.8. The molecule has 0 aromatic heterocycles. The second-order valence-electron chi connectivity index (χ2n) is 22.6. The predicted molar refractivity (Wildman–Crippen MR) is 310 cm³/mol. The van der Waals surface area contributed by atoms with Gasteiger partial charge < -0.3 is 24.9 Å². The highest BCUT2D eigenvalue weighted by molar-refractivity contribution is 7.47. The summed E-state index contributed by atoms with van der Waals surface area (Å²) in [5, 5.41) is 24.8. The van der Waals surface area contributed by atoms with E-state index in [2.05, 4.69) is 48.7 Å². The molecule has 4 N–H and O–H groups in total. The summed E-state index contributed by atoms with van der Waals surface area (Å²) in [6, 6.07) is -1.06. The molecule has 0 aromatic carbocycles. The Morgan fingerprint density at radius 2 is 0.833 bits per heavy atom. The van der Waals surface area contributed by atoms with Gasteiger partial charge in [0, 0.05) is 6.42 Å². The Bertz CT molecular complexity index is 1290. The quantitative estimate of drug-likeness (QED) is 0.0207. The highest BCUT2D eigenvalue weighted by atomic mass is 31.2. The maximum atomic E-state index is 13.0. The van der Waals surface area contributed by atoms with E-state index in [-0.39, 0.29) is 18.9 Å². The molecule has 0 fully saturated rings. The van der Waals surface area contributed by atoms with Crippen molar-refractivity contribution in [2.24, 2.45) is 0 Å². The first kappa shape index (κ1) is 70.7. The topological polar surface area (TPSA) is 125 Å². The van der Waals surface area contributed by atoms with Crippen molar-refractivity contribution in [1.82, 2.24) is 5.32 Å². The Balaban J connectivity index is 3.96. The molecule has 4 unspecified atom stereocenters. The smallest absolute Gasteiger partial charge is 0.390 e. The number of phosphoric ester groups is 1. The SMILES string of the molecule is C/C=C/CC/C=C/CC/C=C/CCCC(O)C(O)C(COP(=O)(O)OCC[N+](C)(C)C)NC(=O)CCCCCCCCCCCCCCCCCCCCCCCCCCCCCCCCCCCCCC. The third-order valence-corrected chi connectivity index (χ3v) is 15.3. The minimum atomic E-state index is -4.43. The van der Waals surface area contributed by atoms with E-state index in [9.17, 15) is 24.5 Å². The molecule has 426 valence electrons. The normalized spacial score (nSPS) is 14.5. The van der Waals surface area contributed by atoms with E-state index >= 15 is 0 Å². The van der Waals surface area contributed by atoms with Crippen molar-refractivity contribution in [1.29, 1.82) is 0 Å². The van der Waals surface area contributed by atoms with Crippen molar-refractivity contribution in [3.63, 3.8) is 0 Å². The third-order valence-electron chi connectivity index (χ3n) is 14.3. The lowest BCUT2D eigenvalue weighted by atomic mass is 10.0. The van der Waals surface area contributed by atoms with Gasteiger partial charge in [-0.1, -0.05) is 268 Å². The number of aliphatic hydroxyl groups is 2. The van der Waals surface area contributed by atoms with E-state index in [0.717, 1.165) is 51.4 Å². The van der Waals surface area contributed by atoms with E-state index < -0.39 is 32.7 Å². The van der Waals surface area contributed by atoms with Crippen molar-refractivity contribution in [2.75, 3.05) is 40.9 Å². The number of hydrogen-bond acceptors (Lipinski definition) is 6. The van der Waals surface area contributed by atoms with Crippen molar-refractivity contribution < 1.29 is 38.0 Å². The van der Waals surface area contributed by atoms with E-state index in [0.29, 0.717) is 23.9 Å². The fourth-order valence-corrected chi connectivity index (χ4v) is 10.2. The molecule has 4 atom stereocenters. The van der Waals surface area contributed by atoms with Gasteiger partial charge in [-0.15, -0.1) is 0 Å². The van der Waals surface area contributed by atoms with Crippen LogP contribution < -0.4 is 5.32 Å². The average molecular weight is 1040 g/mol. The number of quaternary nitrogens is 1. The number of hydrogen-bond donors (Lipinski definition) is 4. The molecule has 0 spiro atoms. The predicted octanol–water partition coefficient (Wildman–Crippen LogP) is 17.9. The van der Waals surface area contributed by atoms with Crippen LogP contribution in [0.2, 0.25) is 0 Å². The van der Waals surface area contributed by atoms with Crippen LogP contribution in [0, 0.1) is 0 Å². The standard InChI is InChI=1S/C62H121N2O7P/c1-6-8-10-12-14-16-18-20-21-22-23-24-25-26-27-28-29-30-31-32-33-34-35-36-37-38-39-40-41-42-43-45-47-49-51-53-55-61(66)63-59(58-71-72(68,69)70-57-56-64(3,4)5)62(67)60(65)54-52-50-48-46-44-19-17-15-13-11-9-7-2/h7,9,15,17,46,48,59-60,62,65,67H,6,8,10-14,16,18-45,47,49-58H2,1-5H3,(H-,63,66,68,69)/p+1/b9-7+,17-15+,48-46+. The van der Waals surface area contributed by atoms with Gasteiger partial charge >= 0.3 is 7.82 Å². The van der Waals surface area contributed by atoms with Gasteiger partial charge in [-0.25, -0.2) is 4.57 Å². The zero-order chi connectivity index (χ0) is 52.9. The van der Waals surface area contributed by atoms with E-state index in [1.807, 2.05) is 28.1 Å². The third kappa shape index (κ3) is 53.5. The minimum Gasteiger partial charge on any atom is -0.390 e. The Morgan fingerprint density at radius 3 is 1.18 bits per heavy atom. The molecule has 9 nitrogen and oxygen atoms in total. The van der Waals surface area contributed by atoms with Gasteiger partial charge in [-0.3, -0.25) is 13.8 Å². The van der Waals surface area contributed by atoms with Gasteiger partial charge in [0.15, 0.2) is 0 Å². The fourth-order valence-electron chi connectivity index (χ4n) is 9.42. The van der Waals surface area contributed by atoms with Crippen LogP contribution in [0.3, 0.4) is 0 Å². The van der Waals surface area contributed by atoms with E-state index in [1.165, 1.54) is 212 Å². The molecule has 0 aliphatic rings. The second-order valence-corrected chi connectivity index (χ2v) is 24.0. The number of rotatable bonds is 57. The van der Waals surface area contributed by atoms with Gasteiger partial charge in [0.25, 0.3) is 0 Å². The van der Waals surface area contributed by atoms with Crippen LogP contribution in [0.15, 0.2) is 36.5 Å². The molecule has 0 rings (SSSR count). The van der Waals surface area contributed by atoms with Crippen molar-refractivity contribution in [2.45, 2.75) is 315 Å². The van der Waals surface area contributed by atoms with Crippen LogP contribution in [0.5, 0.6) is 0 Å². The molecule has 1 amide bonds. The van der Waals surface area contributed by atoms with Crippen LogP contribution in [-0.4, -0.2) is 84.6 Å². The summed E-state index contributed by atoms with van der Waals surface area (Å²) in [6.45, 7) is 4.39. The molecule has 0 aliphatic carbocycles. The number of allylic oxidation sites excluding steroid dienone is 6. The number of unbranched alkanes of at least 4 members (excludes halogenated alkanes) is 38. The molecule has 0 heterocycles. The maximum absolute atomic E-state index is 13.0.